The number of amides is 2. The van der Waals surface area contributed by atoms with Crippen molar-refractivity contribution in [2.24, 2.45) is 17.8 Å². The second kappa shape index (κ2) is 6.68. The lowest BCUT2D eigenvalue weighted by molar-refractivity contribution is -0.142. The highest BCUT2D eigenvalue weighted by molar-refractivity contribution is 5.88. The van der Waals surface area contributed by atoms with Crippen LogP contribution in [-0.2, 0) is 14.4 Å². The lowest BCUT2D eigenvalue weighted by Crippen LogP contribution is -2.37. The van der Waals surface area contributed by atoms with E-state index >= 15 is 0 Å². The summed E-state index contributed by atoms with van der Waals surface area (Å²) in [7, 11) is 0. The molecule has 2 aliphatic carbocycles. The third kappa shape index (κ3) is 3.46. The van der Waals surface area contributed by atoms with Crippen LogP contribution in [0.4, 0.5) is 0 Å². The highest BCUT2D eigenvalue weighted by atomic mass is 16.4. The Hall–Kier alpha value is -1.65. The molecule has 110 valence electrons. The number of aliphatic carboxylic acids is 1. The summed E-state index contributed by atoms with van der Waals surface area (Å²) < 4.78 is 0. The van der Waals surface area contributed by atoms with Gasteiger partial charge in [0.25, 0.3) is 0 Å². The highest BCUT2D eigenvalue weighted by Gasteiger charge is 2.41. The smallest absolute Gasteiger partial charge is 0.303 e. The molecule has 2 bridgehead atoms. The molecule has 5 nitrogen and oxygen atoms in total. The number of allylic oxidation sites excluding steroid dienone is 2. The maximum atomic E-state index is 12.3. The fraction of sp³-hybridized carbons (Fsp3) is 0.667. The summed E-state index contributed by atoms with van der Waals surface area (Å²) in [6.45, 7) is 0.402. The monoisotopic (exact) mass is 279 g/mol. The van der Waals surface area contributed by atoms with Crippen LogP contribution in [0.5, 0.6) is 0 Å². The first-order valence-corrected chi connectivity index (χ1v) is 7.27. The summed E-state index contributed by atoms with van der Waals surface area (Å²) in [5.41, 5.74) is 0. The molecule has 0 aromatic heterocycles. The van der Waals surface area contributed by atoms with Gasteiger partial charge in [0.05, 0.1) is 0 Å². The SMILES string of the molecule is O=CN(CCCCCC(=O)O)C(=O)C1CC2C=CC1C2. The standard InChI is InChI=1S/C15H21NO4/c17-10-16(7-3-1-2-4-14(18)19)15(20)13-9-11-5-6-12(13)8-11/h5-6,10-13H,1-4,7-9H2,(H,18,19). The maximum absolute atomic E-state index is 12.3. The van der Waals surface area contributed by atoms with Gasteiger partial charge in [0.15, 0.2) is 0 Å². The number of carbonyl (C=O) groups is 3. The number of imide groups is 1. The molecule has 0 aromatic carbocycles. The minimum Gasteiger partial charge on any atom is -0.481 e. The molecule has 2 aliphatic rings. The molecule has 1 fully saturated rings. The molecule has 3 unspecified atom stereocenters. The van der Waals surface area contributed by atoms with E-state index in [1.165, 1.54) is 4.90 Å². The van der Waals surface area contributed by atoms with Crippen molar-refractivity contribution in [2.45, 2.75) is 38.5 Å². The molecule has 20 heavy (non-hydrogen) atoms. The zero-order valence-corrected chi connectivity index (χ0v) is 11.5. The van der Waals surface area contributed by atoms with Crippen LogP contribution in [0.3, 0.4) is 0 Å². The third-order valence-corrected chi connectivity index (χ3v) is 4.30. The number of hydrogen-bond donors (Lipinski definition) is 1. The van der Waals surface area contributed by atoms with Gasteiger partial charge in [-0.3, -0.25) is 19.3 Å². The van der Waals surface area contributed by atoms with Crippen molar-refractivity contribution in [1.29, 1.82) is 0 Å². The highest BCUT2D eigenvalue weighted by Crippen LogP contribution is 2.44. The summed E-state index contributed by atoms with van der Waals surface area (Å²) in [6, 6.07) is 0. The van der Waals surface area contributed by atoms with E-state index in [0.717, 1.165) is 19.3 Å². The Morgan fingerprint density at radius 3 is 2.55 bits per heavy atom. The van der Waals surface area contributed by atoms with Gasteiger partial charge < -0.3 is 5.11 Å². The van der Waals surface area contributed by atoms with Gasteiger partial charge in [0.1, 0.15) is 0 Å². The summed E-state index contributed by atoms with van der Waals surface area (Å²) in [5.74, 6) is -0.0774. The molecule has 5 heteroatoms. The van der Waals surface area contributed by atoms with E-state index in [9.17, 15) is 14.4 Å². The van der Waals surface area contributed by atoms with Gasteiger partial charge in [0, 0.05) is 18.9 Å². The van der Waals surface area contributed by atoms with Crippen LogP contribution in [0.1, 0.15) is 38.5 Å². The van der Waals surface area contributed by atoms with Crippen molar-refractivity contribution in [3.8, 4) is 0 Å². The quantitative estimate of drug-likeness (QED) is 0.418. The fourth-order valence-electron chi connectivity index (χ4n) is 3.23. The van der Waals surface area contributed by atoms with E-state index in [0.29, 0.717) is 37.6 Å². The molecule has 0 radical (unpaired) electrons. The predicted molar refractivity (Wildman–Crippen MR) is 72.7 cm³/mol. The van der Waals surface area contributed by atoms with Crippen LogP contribution in [0.25, 0.3) is 0 Å². The van der Waals surface area contributed by atoms with Crippen LogP contribution < -0.4 is 0 Å². The number of fused-ring (bicyclic) bond motifs is 2. The fourth-order valence-corrected chi connectivity index (χ4v) is 3.23. The number of nitrogens with zero attached hydrogens (tertiary/aromatic N) is 1. The molecule has 0 heterocycles. The van der Waals surface area contributed by atoms with Crippen LogP contribution in [0.2, 0.25) is 0 Å². The normalized spacial score (nSPS) is 26.7. The largest absolute Gasteiger partial charge is 0.481 e. The van der Waals surface area contributed by atoms with Crippen molar-refractivity contribution >= 4 is 18.3 Å². The first-order chi connectivity index (χ1) is 9.61. The molecule has 1 saturated carbocycles. The zero-order valence-electron chi connectivity index (χ0n) is 11.5. The predicted octanol–water partition coefficient (Wildman–Crippen LogP) is 1.83. The van der Waals surface area contributed by atoms with Crippen molar-refractivity contribution in [1.82, 2.24) is 4.90 Å². The first-order valence-electron chi connectivity index (χ1n) is 7.27. The molecule has 0 aliphatic heterocycles. The minimum atomic E-state index is -0.804. The Morgan fingerprint density at radius 1 is 1.20 bits per heavy atom. The van der Waals surface area contributed by atoms with Gasteiger partial charge in [-0.15, -0.1) is 0 Å². The number of rotatable bonds is 8. The number of hydrogen-bond acceptors (Lipinski definition) is 3. The molecular formula is C15H21NO4. The molecule has 0 saturated heterocycles. The third-order valence-electron chi connectivity index (χ3n) is 4.30. The number of unbranched alkanes of at least 4 members (excludes halogenated alkanes) is 2. The van der Waals surface area contributed by atoms with Gasteiger partial charge in [-0.2, -0.15) is 0 Å². The molecule has 0 spiro atoms. The van der Waals surface area contributed by atoms with Crippen molar-refractivity contribution in [3.63, 3.8) is 0 Å². The Morgan fingerprint density at radius 2 is 2.00 bits per heavy atom. The Kier molecular flexibility index (Phi) is 4.93. The summed E-state index contributed by atoms with van der Waals surface area (Å²) in [6.07, 6.45) is 8.94. The summed E-state index contributed by atoms with van der Waals surface area (Å²) >= 11 is 0. The molecular weight excluding hydrogens is 258 g/mol. The van der Waals surface area contributed by atoms with Gasteiger partial charge in [0.2, 0.25) is 12.3 Å². The van der Waals surface area contributed by atoms with Crippen molar-refractivity contribution < 1.29 is 19.5 Å². The summed E-state index contributed by atoms with van der Waals surface area (Å²) in [4.78, 5) is 35.0. The van der Waals surface area contributed by atoms with Crippen LogP contribution >= 0.6 is 0 Å². The summed E-state index contributed by atoms with van der Waals surface area (Å²) in [5, 5.41) is 8.53. The van der Waals surface area contributed by atoms with Crippen LogP contribution in [-0.4, -0.2) is 34.8 Å². The molecule has 0 aromatic rings. The van der Waals surface area contributed by atoms with Crippen molar-refractivity contribution in [2.75, 3.05) is 6.54 Å². The lowest BCUT2D eigenvalue weighted by Gasteiger charge is -2.23. The molecule has 1 N–H and O–H groups in total. The number of carboxylic acids is 1. The lowest BCUT2D eigenvalue weighted by atomic mass is 9.92. The van der Waals surface area contributed by atoms with E-state index < -0.39 is 5.97 Å². The second-order valence-electron chi connectivity index (χ2n) is 5.73. The Labute approximate surface area is 118 Å². The second-order valence-corrected chi connectivity index (χ2v) is 5.73. The first kappa shape index (κ1) is 14.8. The van der Waals surface area contributed by atoms with Gasteiger partial charge in [-0.25, -0.2) is 0 Å². The zero-order chi connectivity index (χ0) is 14.5. The van der Waals surface area contributed by atoms with E-state index in [4.69, 9.17) is 5.11 Å². The number of carbonyl (C=O) groups excluding carboxylic acids is 2. The maximum Gasteiger partial charge on any atom is 0.303 e. The van der Waals surface area contributed by atoms with Crippen LogP contribution in [0.15, 0.2) is 12.2 Å². The minimum absolute atomic E-state index is 0.0331. The molecule has 3 atom stereocenters. The van der Waals surface area contributed by atoms with E-state index in [1.807, 2.05) is 0 Å². The Balaban J connectivity index is 1.74. The van der Waals surface area contributed by atoms with Gasteiger partial charge in [-0.05, 0) is 37.5 Å². The molecule has 2 rings (SSSR count). The van der Waals surface area contributed by atoms with Gasteiger partial charge in [-0.1, -0.05) is 18.6 Å². The van der Waals surface area contributed by atoms with Gasteiger partial charge >= 0.3 is 5.97 Å². The molecule has 2 amide bonds. The van der Waals surface area contributed by atoms with E-state index in [-0.39, 0.29) is 18.2 Å². The topological polar surface area (TPSA) is 74.7 Å². The average Bonchev–Trinajstić information content (AvgIpc) is 3.04. The van der Waals surface area contributed by atoms with Crippen LogP contribution in [0, 0.1) is 17.8 Å². The Bertz CT molecular complexity index is 418. The average molecular weight is 279 g/mol. The number of carboxylic acid groups (broad SMARTS) is 1. The van der Waals surface area contributed by atoms with E-state index in [1.54, 1.807) is 0 Å². The van der Waals surface area contributed by atoms with Crippen molar-refractivity contribution in [3.05, 3.63) is 12.2 Å². The van der Waals surface area contributed by atoms with E-state index in [2.05, 4.69) is 12.2 Å².